The van der Waals surface area contributed by atoms with Gasteiger partial charge in [-0.2, -0.15) is 0 Å². The number of para-hydroxylation sites is 4. The van der Waals surface area contributed by atoms with Crippen molar-refractivity contribution in [3.8, 4) is 11.1 Å². The molecule has 3 nitrogen and oxygen atoms in total. The van der Waals surface area contributed by atoms with E-state index in [1.807, 2.05) is 0 Å². The second-order valence-corrected chi connectivity index (χ2v) is 16.9. The Morgan fingerprint density at radius 1 is 0.209 bits per heavy atom. The van der Waals surface area contributed by atoms with Gasteiger partial charge in [-0.05, 0) is 118 Å². The molecule has 3 heteroatoms. The average molecular weight is 856 g/mol. The molecule has 0 aromatic heterocycles. The molecule has 0 saturated carbocycles. The van der Waals surface area contributed by atoms with Crippen LogP contribution in [0, 0.1) is 0 Å². The van der Waals surface area contributed by atoms with Gasteiger partial charge in [-0.3, -0.25) is 0 Å². The van der Waals surface area contributed by atoms with Crippen LogP contribution < -0.4 is 14.7 Å². The molecular weight excluding hydrogens is 811 g/mol. The van der Waals surface area contributed by atoms with Crippen LogP contribution in [0.2, 0.25) is 0 Å². The maximum absolute atomic E-state index is 2.45. The van der Waals surface area contributed by atoms with Crippen LogP contribution in [0.25, 0.3) is 54.2 Å². The van der Waals surface area contributed by atoms with Crippen molar-refractivity contribution in [1.29, 1.82) is 0 Å². The van der Waals surface area contributed by atoms with Crippen LogP contribution in [-0.2, 0) is 0 Å². The fourth-order valence-corrected chi connectivity index (χ4v) is 9.99. The van der Waals surface area contributed by atoms with Gasteiger partial charge in [0.25, 0.3) is 0 Å². The summed E-state index contributed by atoms with van der Waals surface area (Å²) >= 11 is 0. The van der Waals surface area contributed by atoms with Crippen molar-refractivity contribution in [3.05, 3.63) is 273 Å². The molecule has 0 radical (unpaired) electrons. The summed E-state index contributed by atoms with van der Waals surface area (Å²) < 4.78 is 0. The van der Waals surface area contributed by atoms with Gasteiger partial charge in [0.1, 0.15) is 0 Å². The summed E-state index contributed by atoms with van der Waals surface area (Å²) in [4.78, 5) is 7.28. The van der Waals surface area contributed by atoms with Crippen molar-refractivity contribution in [2.45, 2.75) is 0 Å². The lowest BCUT2D eigenvalue weighted by atomic mass is 9.89. The second kappa shape index (κ2) is 17.2. The number of nitrogens with zero attached hydrogens (tertiary/aromatic N) is 3. The molecule has 67 heavy (non-hydrogen) atoms. The SMILES string of the molecule is c1ccc(-c2c3cc(N(c4ccccc4)c4cccc5ccccc45)ccc3c(N(c3ccccc3)c3ccccc3)c3cc(N(c4ccccc4)c4cccc5ccccc45)ccc23)cc1. The Labute approximate surface area is 391 Å². The second-order valence-electron chi connectivity index (χ2n) is 16.9. The van der Waals surface area contributed by atoms with E-state index in [4.69, 9.17) is 0 Å². The lowest BCUT2D eigenvalue weighted by Gasteiger charge is -2.32. The van der Waals surface area contributed by atoms with Gasteiger partial charge in [0.2, 0.25) is 0 Å². The first-order chi connectivity index (χ1) is 33.3. The summed E-state index contributed by atoms with van der Waals surface area (Å²) in [5, 5.41) is 9.38. The molecular formula is C64H45N3. The van der Waals surface area contributed by atoms with E-state index in [-0.39, 0.29) is 0 Å². The largest absolute Gasteiger partial charge is 0.310 e. The van der Waals surface area contributed by atoms with E-state index in [1.165, 1.54) is 27.1 Å². The van der Waals surface area contributed by atoms with Crippen LogP contribution in [0.4, 0.5) is 51.2 Å². The molecule has 0 aliphatic heterocycles. The lowest BCUT2D eigenvalue weighted by molar-refractivity contribution is 1.29. The van der Waals surface area contributed by atoms with E-state index in [0.717, 1.165) is 78.3 Å². The van der Waals surface area contributed by atoms with Crippen molar-refractivity contribution in [1.82, 2.24) is 0 Å². The minimum absolute atomic E-state index is 1.07. The molecule has 12 aromatic rings. The molecule has 316 valence electrons. The molecule has 0 amide bonds. The molecule has 0 unspecified atom stereocenters. The molecule has 0 heterocycles. The van der Waals surface area contributed by atoms with E-state index in [1.54, 1.807) is 0 Å². The maximum atomic E-state index is 2.45. The van der Waals surface area contributed by atoms with Crippen LogP contribution in [0.5, 0.6) is 0 Å². The monoisotopic (exact) mass is 855 g/mol. The molecule has 0 saturated heterocycles. The zero-order valence-corrected chi connectivity index (χ0v) is 36.8. The molecule has 0 fully saturated rings. The van der Waals surface area contributed by atoms with Gasteiger partial charge in [-0.25, -0.2) is 0 Å². The first kappa shape index (κ1) is 39.7. The first-order valence-corrected chi connectivity index (χ1v) is 22.9. The first-order valence-electron chi connectivity index (χ1n) is 22.9. The molecule has 0 aliphatic carbocycles. The van der Waals surface area contributed by atoms with Crippen LogP contribution >= 0.6 is 0 Å². The van der Waals surface area contributed by atoms with E-state index >= 15 is 0 Å². The number of hydrogen-bond acceptors (Lipinski definition) is 3. The minimum atomic E-state index is 1.07. The smallest absolute Gasteiger partial charge is 0.0619 e. The van der Waals surface area contributed by atoms with Crippen LogP contribution in [0.15, 0.2) is 273 Å². The predicted octanol–water partition coefficient (Wildman–Crippen LogP) is 18.4. The third-order valence-electron chi connectivity index (χ3n) is 12.9. The Kier molecular flexibility index (Phi) is 10.2. The van der Waals surface area contributed by atoms with Crippen molar-refractivity contribution >= 4 is 94.3 Å². The summed E-state index contributed by atoms with van der Waals surface area (Å²) in [6, 6.07) is 98.8. The number of benzene rings is 12. The van der Waals surface area contributed by atoms with Gasteiger partial charge in [0.15, 0.2) is 0 Å². The van der Waals surface area contributed by atoms with Gasteiger partial charge < -0.3 is 14.7 Å². The highest BCUT2D eigenvalue weighted by Crippen LogP contribution is 2.52. The molecule has 0 atom stereocenters. The number of anilines is 9. The third kappa shape index (κ3) is 7.20. The zero-order chi connectivity index (χ0) is 44.5. The molecule has 0 bridgehead atoms. The van der Waals surface area contributed by atoms with Crippen LogP contribution in [0.3, 0.4) is 0 Å². The van der Waals surface area contributed by atoms with Gasteiger partial charge in [0, 0.05) is 55.7 Å². The van der Waals surface area contributed by atoms with Crippen molar-refractivity contribution in [2.24, 2.45) is 0 Å². The van der Waals surface area contributed by atoms with Crippen molar-refractivity contribution in [2.75, 3.05) is 14.7 Å². The highest BCUT2D eigenvalue weighted by molar-refractivity contribution is 6.24. The van der Waals surface area contributed by atoms with Gasteiger partial charge in [-0.1, -0.05) is 188 Å². The summed E-state index contributed by atoms with van der Waals surface area (Å²) in [6.45, 7) is 0. The van der Waals surface area contributed by atoms with E-state index < -0.39 is 0 Å². The Morgan fingerprint density at radius 2 is 0.582 bits per heavy atom. The topological polar surface area (TPSA) is 9.72 Å². The minimum Gasteiger partial charge on any atom is -0.310 e. The highest BCUT2D eigenvalue weighted by Gasteiger charge is 2.26. The summed E-state index contributed by atoms with van der Waals surface area (Å²) in [5.74, 6) is 0. The van der Waals surface area contributed by atoms with Crippen molar-refractivity contribution in [3.63, 3.8) is 0 Å². The van der Waals surface area contributed by atoms with Crippen molar-refractivity contribution < 1.29 is 0 Å². The quantitative estimate of drug-likeness (QED) is 0.127. The summed E-state index contributed by atoms with van der Waals surface area (Å²) in [5.41, 5.74) is 12.2. The lowest BCUT2D eigenvalue weighted by Crippen LogP contribution is -2.13. The summed E-state index contributed by atoms with van der Waals surface area (Å²) in [6.07, 6.45) is 0. The van der Waals surface area contributed by atoms with Crippen LogP contribution in [-0.4, -0.2) is 0 Å². The van der Waals surface area contributed by atoms with Gasteiger partial charge >= 0.3 is 0 Å². The summed E-state index contributed by atoms with van der Waals surface area (Å²) in [7, 11) is 0. The van der Waals surface area contributed by atoms with E-state index in [2.05, 4.69) is 288 Å². The Morgan fingerprint density at radius 3 is 1.06 bits per heavy atom. The normalized spacial score (nSPS) is 11.3. The maximum Gasteiger partial charge on any atom is 0.0619 e. The zero-order valence-electron chi connectivity index (χ0n) is 36.8. The molecule has 0 N–H and O–H groups in total. The predicted molar refractivity (Wildman–Crippen MR) is 286 cm³/mol. The number of hydrogen-bond donors (Lipinski definition) is 0. The molecule has 12 rings (SSSR count). The molecule has 0 aliphatic rings. The van der Waals surface area contributed by atoms with E-state index in [9.17, 15) is 0 Å². The fraction of sp³-hybridized carbons (Fsp3) is 0. The standard InChI is InChI=1S/C64H45N3/c1-6-24-48(25-7-1)63-57-42-40-54(66(50-30-10-3-11-31-50)62-39-21-27-47-23-17-19-37-56(47)62)45-60(57)64(67(51-32-12-4-13-33-51)52-34-14-5-15-35-52)58-43-41-53(44-59(58)63)65(49-28-8-2-9-29-49)61-38-20-26-46-22-16-18-36-55(46)61/h1-45H. The third-order valence-corrected chi connectivity index (χ3v) is 12.9. The number of rotatable bonds is 10. The van der Waals surface area contributed by atoms with Gasteiger partial charge in [0.05, 0.1) is 17.1 Å². The number of fused-ring (bicyclic) bond motifs is 4. The highest BCUT2D eigenvalue weighted by atomic mass is 15.2. The van der Waals surface area contributed by atoms with E-state index in [0.29, 0.717) is 0 Å². The molecule has 12 aromatic carbocycles. The van der Waals surface area contributed by atoms with Gasteiger partial charge in [-0.15, -0.1) is 0 Å². The Bertz CT molecular complexity index is 3640. The Balaban J connectivity index is 1.21. The fourth-order valence-electron chi connectivity index (χ4n) is 9.99. The Hall–Kier alpha value is -8.92. The average Bonchev–Trinajstić information content (AvgIpc) is 3.40. The molecule has 0 spiro atoms. The van der Waals surface area contributed by atoms with Crippen LogP contribution in [0.1, 0.15) is 0 Å².